The summed E-state index contributed by atoms with van der Waals surface area (Å²) in [6.07, 6.45) is 3.23. The van der Waals surface area contributed by atoms with Crippen LogP contribution in [0.2, 0.25) is 10.0 Å². The van der Waals surface area contributed by atoms with Crippen LogP contribution in [0, 0.1) is 0 Å². The van der Waals surface area contributed by atoms with Crippen LogP contribution in [0.15, 0.2) is 54.9 Å². The molecule has 2 aliphatic carbocycles. The average Bonchev–Trinajstić information content (AvgIpc) is 4.12. The third-order valence-electron chi connectivity index (χ3n) is 10.2. The van der Waals surface area contributed by atoms with Gasteiger partial charge in [0, 0.05) is 59.4 Å². The molecule has 4 atom stereocenters. The van der Waals surface area contributed by atoms with Gasteiger partial charge in [-0.1, -0.05) is 41.4 Å². The lowest BCUT2D eigenvalue weighted by atomic mass is 9.96. The summed E-state index contributed by atoms with van der Waals surface area (Å²) in [6, 6.07) is 13.6. The molecule has 3 fully saturated rings. The molecule has 2 saturated carbocycles. The van der Waals surface area contributed by atoms with Crippen molar-refractivity contribution in [1.82, 2.24) is 9.88 Å². The SMILES string of the molecule is O=C(C(O)C(O)C(O)C(O)CO)N(CCCCc1cc(Cl)c(COC2(c3cnccc3-c3ccccc3OC3CC3)CC2)cc1Cl)C1CCOCC1. The van der Waals surface area contributed by atoms with E-state index >= 15 is 0 Å². The molecular weight excluding hydrogens is 711 g/mol. The fourth-order valence-corrected chi connectivity index (χ4v) is 7.33. The minimum absolute atomic E-state index is 0.219. The summed E-state index contributed by atoms with van der Waals surface area (Å²) in [5.74, 6) is 0.115. The average molecular weight is 760 g/mol. The number of aromatic nitrogens is 1. The topological polar surface area (TPSA) is 162 Å². The van der Waals surface area contributed by atoms with Gasteiger partial charge in [-0.25, -0.2) is 0 Å². The first kappa shape index (κ1) is 38.9. The van der Waals surface area contributed by atoms with E-state index in [9.17, 15) is 25.2 Å². The first-order valence-electron chi connectivity index (χ1n) is 18.1. The van der Waals surface area contributed by atoms with Gasteiger partial charge in [0.1, 0.15) is 24.1 Å². The van der Waals surface area contributed by atoms with Crippen LogP contribution in [0.3, 0.4) is 0 Å². The van der Waals surface area contributed by atoms with Gasteiger partial charge in [-0.2, -0.15) is 0 Å². The van der Waals surface area contributed by atoms with E-state index in [0.29, 0.717) is 61.9 Å². The second kappa shape index (κ2) is 17.5. The Hall–Kier alpha value is -2.84. The van der Waals surface area contributed by atoms with E-state index in [1.54, 1.807) is 6.20 Å². The van der Waals surface area contributed by atoms with E-state index < -0.39 is 42.5 Å². The van der Waals surface area contributed by atoms with Crippen LogP contribution in [0.5, 0.6) is 5.75 Å². The quantitative estimate of drug-likeness (QED) is 0.116. The van der Waals surface area contributed by atoms with Crippen LogP contribution in [0.25, 0.3) is 11.1 Å². The number of rotatable bonds is 18. The fourth-order valence-electron chi connectivity index (χ4n) is 6.81. The predicted molar refractivity (Wildman–Crippen MR) is 195 cm³/mol. The Balaban J connectivity index is 1.07. The largest absolute Gasteiger partial charge is 0.490 e. The molecule has 3 aromatic rings. The number of benzene rings is 2. The number of ether oxygens (including phenoxy) is 3. The predicted octanol–water partition coefficient (Wildman–Crippen LogP) is 4.57. The van der Waals surface area contributed by atoms with E-state index in [0.717, 1.165) is 59.3 Å². The molecule has 1 aromatic heterocycles. The highest BCUT2D eigenvalue weighted by Crippen LogP contribution is 2.53. The maximum Gasteiger partial charge on any atom is 0.254 e. The zero-order valence-electron chi connectivity index (χ0n) is 29.1. The highest BCUT2D eigenvalue weighted by molar-refractivity contribution is 6.34. The summed E-state index contributed by atoms with van der Waals surface area (Å²) in [6.45, 7) is 0.642. The van der Waals surface area contributed by atoms with Crippen LogP contribution >= 0.6 is 23.2 Å². The minimum Gasteiger partial charge on any atom is -0.490 e. The van der Waals surface area contributed by atoms with E-state index in [4.69, 9.17) is 42.5 Å². The van der Waals surface area contributed by atoms with Gasteiger partial charge in [-0.05, 0) is 98.7 Å². The van der Waals surface area contributed by atoms with Crippen LogP contribution in [-0.4, -0.2) is 104 Å². The Morgan fingerprint density at radius 1 is 0.942 bits per heavy atom. The number of hydrogen-bond acceptors (Lipinski definition) is 10. The summed E-state index contributed by atoms with van der Waals surface area (Å²) in [7, 11) is 0. The number of nitrogens with zero attached hydrogens (tertiary/aromatic N) is 2. The number of aryl methyl sites for hydroxylation is 1. The van der Waals surface area contributed by atoms with Crippen molar-refractivity contribution in [2.24, 2.45) is 0 Å². The maximum absolute atomic E-state index is 13.3. The molecule has 1 aliphatic heterocycles. The third-order valence-corrected chi connectivity index (χ3v) is 11.0. The van der Waals surface area contributed by atoms with Gasteiger partial charge in [0.05, 0.1) is 24.9 Å². The molecule has 2 aromatic carbocycles. The Morgan fingerprint density at radius 3 is 2.37 bits per heavy atom. The lowest BCUT2D eigenvalue weighted by molar-refractivity contribution is -0.162. The molecule has 6 rings (SSSR count). The lowest BCUT2D eigenvalue weighted by Gasteiger charge is -2.37. The van der Waals surface area contributed by atoms with Crippen molar-refractivity contribution in [2.75, 3.05) is 26.4 Å². The molecule has 3 aliphatic rings. The number of amides is 1. The maximum atomic E-state index is 13.3. The summed E-state index contributed by atoms with van der Waals surface area (Å²) >= 11 is 13.6. The molecule has 282 valence electrons. The molecule has 11 nitrogen and oxygen atoms in total. The van der Waals surface area contributed by atoms with E-state index in [2.05, 4.69) is 11.1 Å². The zero-order chi connectivity index (χ0) is 36.8. The molecule has 1 saturated heterocycles. The Morgan fingerprint density at radius 2 is 1.65 bits per heavy atom. The second-order valence-corrected chi connectivity index (χ2v) is 14.9. The van der Waals surface area contributed by atoms with Gasteiger partial charge in [-0.3, -0.25) is 9.78 Å². The highest BCUT2D eigenvalue weighted by Gasteiger charge is 2.48. The molecule has 1 amide bonds. The summed E-state index contributed by atoms with van der Waals surface area (Å²) in [5, 5.41) is 51.0. The first-order chi connectivity index (χ1) is 25.1. The Kier molecular flexibility index (Phi) is 13.1. The highest BCUT2D eigenvalue weighted by atomic mass is 35.5. The standard InChI is InChI=1S/C39H48Cl2N2O9/c40-31-20-25(23-51-39(13-14-39)30-21-42-15-10-28(30)29-6-1-2-7-34(29)52-27-8-9-27)32(41)19-24(31)5-3-4-16-43(26-11-17-50-18-12-26)38(49)37(48)36(47)35(46)33(45)22-44/h1-2,6-7,10,15,19-21,26-27,33,35-37,44-48H,3-5,8-9,11-14,16-18,22-23H2. The number of aliphatic hydroxyl groups excluding tert-OH is 5. The van der Waals surface area contributed by atoms with Gasteiger partial charge in [-0.15, -0.1) is 0 Å². The molecule has 4 unspecified atom stereocenters. The minimum atomic E-state index is -1.97. The van der Waals surface area contributed by atoms with Crippen LogP contribution in [-0.2, 0) is 32.9 Å². The van der Waals surface area contributed by atoms with Crippen molar-refractivity contribution in [2.45, 2.75) is 107 Å². The van der Waals surface area contributed by atoms with Crippen LogP contribution in [0.4, 0.5) is 0 Å². The molecule has 0 radical (unpaired) electrons. The summed E-state index contributed by atoms with van der Waals surface area (Å²) in [5.41, 5.74) is 4.25. The van der Waals surface area contributed by atoms with Crippen molar-refractivity contribution in [3.8, 4) is 16.9 Å². The third kappa shape index (κ3) is 9.26. The second-order valence-electron chi connectivity index (χ2n) is 14.1. The van der Waals surface area contributed by atoms with Gasteiger partial charge in [0.25, 0.3) is 5.91 Å². The number of aliphatic hydroxyl groups is 5. The van der Waals surface area contributed by atoms with Gasteiger partial charge in [0.2, 0.25) is 0 Å². The van der Waals surface area contributed by atoms with Crippen molar-refractivity contribution in [1.29, 1.82) is 0 Å². The molecule has 5 N–H and O–H groups in total. The van der Waals surface area contributed by atoms with Crippen molar-refractivity contribution in [3.05, 3.63) is 81.6 Å². The van der Waals surface area contributed by atoms with Crippen LogP contribution < -0.4 is 4.74 Å². The fraction of sp³-hybridized carbons (Fsp3) is 0.538. The van der Waals surface area contributed by atoms with Crippen LogP contribution in [0.1, 0.15) is 68.1 Å². The van der Waals surface area contributed by atoms with E-state index in [1.165, 1.54) is 4.90 Å². The monoisotopic (exact) mass is 758 g/mol. The van der Waals surface area contributed by atoms with Gasteiger partial charge in [0.15, 0.2) is 6.10 Å². The lowest BCUT2D eigenvalue weighted by Crippen LogP contribution is -2.55. The zero-order valence-corrected chi connectivity index (χ0v) is 30.6. The number of carbonyl (C=O) groups is 1. The number of unbranched alkanes of at least 4 members (excludes halogenated alkanes) is 1. The molecule has 0 spiro atoms. The first-order valence-corrected chi connectivity index (χ1v) is 18.9. The smallest absolute Gasteiger partial charge is 0.254 e. The molecular formula is C39H48Cl2N2O9. The van der Waals surface area contributed by atoms with Gasteiger partial charge >= 0.3 is 0 Å². The number of para-hydroxylation sites is 1. The molecule has 13 heteroatoms. The summed E-state index contributed by atoms with van der Waals surface area (Å²) in [4.78, 5) is 19.3. The summed E-state index contributed by atoms with van der Waals surface area (Å²) < 4.78 is 18.3. The molecule has 52 heavy (non-hydrogen) atoms. The molecule has 0 bridgehead atoms. The Bertz CT molecular complexity index is 1660. The van der Waals surface area contributed by atoms with Gasteiger partial charge < -0.3 is 44.6 Å². The van der Waals surface area contributed by atoms with Crippen molar-refractivity contribution in [3.63, 3.8) is 0 Å². The number of halogens is 2. The van der Waals surface area contributed by atoms with E-state index in [1.807, 2.05) is 42.6 Å². The molecule has 2 heterocycles. The number of carbonyl (C=O) groups excluding carboxylic acids is 1. The van der Waals surface area contributed by atoms with E-state index in [-0.39, 0.29) is 18.8 Å². The Labute approximate surface area is 314 Å². The number of hydrogen-bond donors (Lipinski definition) is 5. The van der Waals surface area contributed by atoms with Crippen molar-refractivity contribution >= 4 is 29.1 Å². The van der Waals surface area contributed by atoms with Crippen molar-refractivity contribution < 1.29 is 44.5 Å². The normalized spacial score (nSPS) is 19.4. The number of pyridine rings is 1.